The average Bonchev–Trinajstić information content (AvgIpc) is 3.03. The van der Waals surface area contributed by atoms with Crippen molar-refractivity contribution in [2.75, 3.05) is 11.9 Å². The van der Waals surface area contributed by atoms with Crippen molar-refractivity contribution in [2.45, 2.75) is 45.5 Å². The molecule has 0 fully saturated rings. The molecule has 2 aromatic rings. The molecule has 1 aliphatic rings. The predicted octanol–water partition coefficient (Wildman–Crippen LogP) is 3.97. The van der Waals surface area contributed by atoms with E-state index in [4.69, 9.17) is 4.74 Å². The van der Waals surface area contributed by atoms with Crippen LogP contribution in [-0.4, -0.2) is 39.2 Å². The fourth-order valence-electron chi connectivity index (χ4n) is 2.90. The van der Waals surface area contributed by atoms with Crippen molar-refractivity contribution in [3.05, 3.63) is 46.8 Å². The summed E-state index contributed by atoms with van der Waals surface area (Å²) < 4.78 is 43.3. The first-order valence-electron chi connectivity index (χ1n) is 8.97. The van der Waals surface area contributed by atoms with Crippen LogP contribution in [-0.2, 0) is 23.9 Å². The fraction of sp³-hybridized carbons (Fsp3) is 0.421. The number of nitrogens with zero attached hydrogens (tertiary/aromatic N) is 2. The van der Waals surface area contributed by atoms with Gasteiger partial charge in [-0.2, -0.15) is 18.3 Å². The zero-order valence-electron chi connectivity index (χ0n) is 16.2. The van der Waals surface area contributed by atoms with E-state index in [1.165, 1.54) is 17.0 Å². The summed E-state index contributed by atoms with van der Waals surface area (Å²) in [6, 6.07) is 4.12. The van der Waals surface area contributed by atoms with Crippen molar-refractivity contribution < 1.29 is 27.5 Å². The molecule has 0 aliphatic carbocycles. The van der Waals surface area contributed by atoms with Gasteiger partial charge in [0, 0.05) is 29.9 Å². The first-order chi connectivity index (χ1) is 13.4. The molecule has 29 heavy (non-hydrogen) atoms. The van der Waals surface area contributed by atoms with Gasteiger partial charge >= 0.3 is 12.3 Å². The number of rotatable bonds is 2. The molecule has 1 aliphatic heterocycles. The number of ether oxygens (including phenoxy) is 1. The molecule has 2 amide bonds. The third-order valence-electron chi connectivity index (χ3n) is 4.27. The van der Waals surface area contributed by atoms with E-state index in [2.05, 4.69) is 15.5 Å². The van der Waals surface area contributed by atoms with Gasteiger partial charge in [-0.3, -0.25) is 9.89 Å². The molecule has 0 saturated heterocycles. The number of hydrogen-bond acceptors (Lipinski definition) is 4. The van der Waals surface area contributed by atoms with Crippen LogP contribution in [0.25, 0.3) is 0 Å². The number of aromatic nitrogens is 2. The summed E-state index contributed by atoms with van der Waals surface area (Å²) in [7, 11) is 0. The molecule has 0 spiro atoms. The summed E-state index contributed by atoms with van der Waals surface area (Å²) in [4.78, 5) is 26.4. The van der Waals surface area contributed by atoms with E-state index in [1.807, 2.05) is 0 Å². The molecule has 0 saturated carbocycles. The number of nitrogens with one attached hydrogen (secondary N) is 2. The smallest absolute Gasteiger partial charge is 0.416 e. The molecule has 7 nitrogen and oxygen atoms in total. The van der Waals surface area contributed by atoms with Crippen molar-refractivity contribution in [1.82, 2.24) is 15.1 Å². The fourth-order valence-corrected chi connectivity index (χ4v) is 2.90. The zero-order chi connectivity index (χ0) is 21.4. The number of benzene rings is 1. The Morgan fingerprint density at radius 1 is 1.17 bits per heavy atom. The third-order valence-corrected chi connectivity index (χ3v) is 4.27. The second-order valence-corrected chi connectivity index (χ2v) is 7.71. The minimum atomic E-state index is -4.45. The Morgan fingerprint density at radius 3 is 2.41 bits per heavy atom. The standard InChI is InChI=1S/C19H21F3N4O3/c1-18(2,3)29-17(28)26-9-8-14-13(10-26)15(25-24-14)16(27)23-12-6-4-11(5-7-12)19(20,21)22/h4-7H,8-10H2,1-3H3,(H,23,27)(H,24,25). The van der Waals surface area contributed by atoms with Gasteiger partial charge in [-0.1, -0.05) is 0 Å². The van der Waals surface area contributed by atoms with Gasteiger partial charge in [-0.25, -0.2) is 4.79 Å². The lowest BCUT2D eigenvalue weighted by Crippen LogP contribution is -2.40. The summed E-state index contributed by atoms with van der Waals surface area (Å²) in [5, 5.41) is 9.35. The number of aromatic amines is 1. The van der Waals surface area contributed by atoms with Crippen molar-refractivity contribution >= 4 is 17.7 Å². The molecule has 2 heterocycles. The van der Waals surface area contributed by atoms with E-state index in [0.717, 1.165) is 17.8 Å². The minimum Gasteiger partial charge on any atom is -0.444 e. The second-order valence-electron chi connectivity index (χ2n) is 7.71. The maximum atomic E-state index is 12.7. The van der Waals surface area contributed by atoms with Crippen molar-refractivity contribution in [3.63, 3.8) is 0 Å². The zero-order valence-corrected chi connectivity index (χ0v) is 16.2. The third kappa shape index (κ3) is 4.87. The first kappa shape index (κ1) is 20.7. The molecule has 1 aromatic heterocycles. The highest BCUT2D eigenvalue weighted by Crippen LogP contribution is 2.30. The van der Waals surface area contributed by atoms with Crippen LogP contribution in [0.15, 0.2) is 24.3 Å². The molecule has 1 aromatic carbocycles. The van der Waals surface area contributed by atoms with Crippen LogP contribution in [0.1, 0.15) is 48.1 Å². The number of carbonyl (C=O) groups excluding carboxylic acids is 2. The lowest BCUT2D eigenvalue weighted by Gasteiger charge is -2.30. The molecule has 0 radical (unpaired) electrons. The van der Waals surface area contributed by atoms with Crippen LogP contribution >= 0.6 is 0 Å². The number of fused-ring (bicyclic) bond motifs is 1. The molecule has 156 valence electrons. The number of amides is 2. The van der Waals surface area contributed by atoms with Gasteiger partial charge in [0.2, 0.25) is 0 Å². The quantitative estimate of drug-likeness (QED) is 0.784. The van der Waals surface area contributed by atoms with Crippen molar-refractivity contribution in [1.29, 1.82) is 0 Å². The van der Waals surface area contributed by atoms with Gasteiger partial charge in [0.25, 0.3) is 5.91 Å². The Labute approximate surface area is 165 Å². The Hall–Kier alpha value is -3.04. The Bertz CT molecular complexity index is 914. The number of halogens is 3. The van der Waals surface area contributed by atoms with Gasteiger partial charge in [0.05, 0.1) is 12.1 Å². The minimum absolute atomic E-state index is 0.0909. The molecular weight excluding hydrogens is 389 g/mol. The van der Waals surface area contributed by atoms with Crippen LogP contribution in [0.4, 0.5) is 23.7 Å². The molecule has 0 atom stereocenters. The van der Waals surface area contributed by atoms with Gasteiger partial charge in [-0.15, -0.1) is 0 Å². The first-order valence-corrected chi connectivity index (χ1v) is 8.97. The van der Waals surface area contributed by atoms with Gasteiger partial charge in [0.15, 0.2) is 5.69 Å². The van der Waals surface area contributed by atoms with Gasteiger partial charge in [-0.05, 0) is 45.0 Å². The summed E-state index contributed by atoms with van der Waals surface area (Å²) >= 11 is 0. The van der Waals surface area contributed by atoms with E-state index < -0.39 is 29.3 Å². The number of anilines is 1. The Morgan fingerprint density at radius 2 is 1.83 bits per heavy atom. The van der Waals surface area contributed by atoms with Crippen LogP contribution in [0.5, 0.6) is 0 Å². The molecule has 10 heteroatoms. The van der Waals surface area contributed by atoms with Gasteiger partial charge in [0.1, 0.15) is 5.60 Å². The van der Waals surface area contributed by atoms with Crippen molar-refractivity contribution in [2.24, 2.45) is 0 Å². The lowest BCUT2D eigenvalue weighted by molar-refractivity contribution is -0.137. The molecule has 0 unspecified atom stereocenters. The van der Waals surface area contributed by atoms with Crippen LogP contribution in [0, 0.1) is 0 Å². The maximum Gasteiger partial charge on any atom is 0.416 e. The second kappa shape index (κ2) is 7.41. The summed E-state index contributed by atoms with van der Waals surface area (Å²) in [5.74, 6) is -0.576. The number of alkyl halides is 3. The van der Waals surface area contributed by atoms with E-state index in [1.54, 1.807) is 20.8 Å². The topological polar surface area (TPSA) is 87.3 Å². The SMILES string of the molecule is CC(C)(C)OC(=O)N1CCc2[nH]nc(C(=O)Nc3ccc(C(F)(F)F)cc3)c2C1. The van der Waals surface area contributed by atoms with E-state index >= 15 is 0 Å². The van der Waals surface area contributed by atoms with Gasteiger partial charge < -0.3 is 15.0 Å². The summed E-state index contributed by atoms with van der Waals surface area (Å²) in [5.41, 5.74) is 0.151. The maximum absolute atomic E-state index is 12.7. The highest BCUT2D eigenvalue weighted by Gasteiger charge is 2.31. The summed E-state index contributed by atoms with van der Waals surface area (Å²) in [6.07, 6.45) is -4.46. The lowest BCUT2D eigenvalue weighted by atomic mass is 10.1. The molecule has 2 N–H and O–H groups in total. The summed E-state index contributed by atoms with van der Waals surface area (Å²) in [6.45, 7) is 5.86. The molecule has 3 rings (SSSR count). The van der Waals surface area contributed by atoms with Crippen molar-refractivity contribution in [3.8, 4) is 0 Å². The monoisotopic (exact) mass is 410 g/mol. The highest BCUT2D eigenvalue weighted by molar-refractivity contribution is 6.04. The predicted molar refractivity (Wildman–Crippen MR) is 98.3 cm³/mol. The van der Waals surface area contributed by atoms with Crippen LogP contribution in [0.2, 0.25) is 0 Å². The normalized spacial score (nSPS) is 14.3. The molecule has 0 bridgehead atoms. The van der Waals surface area contributed by atoms with E-state index in [-0.39, 0.29) is 17.9 Å². The Balaban J connectivity index is 1.72. The average molecular weight is 410 g/mol. The van der Waals surface area contributed by atoms with Crippen LogP contribution in [0.3, 0.4) is 0 Å². The number of carbonyl (C=O) groups is 2. The number of hydrogen-bond donors (Lipinski definition) is 2. The highest BCUT2D eigenvalue weighted by atomic mass is 19.4. The number of H-pyrrole nitrogens is 1. The Kier molecular flexibility index (Phi) is 5.29. The van der Waals surface area contributed by atoms with E-state index in [0.29, 0.717) is 18.5 Å². The van der Waals surface area contributed by atoms with E-state index in [9.17, 15) is 22.8 Å². The molecular formula is C19H21F3N4O3. The van der Waals surface area contributed by atoms with Crippen LogP contribution < -0.4 is 5.32 Å². The largest absolute Gasteiger partial charge is 0.444 e.